The number of carbonyl (C=O) groups is 2. The van der Waals surface area contributed by atoms with Gasteiger partial charge in [-0.1, -0.05) is 0 Å². The van der Waals surface area contributed by atoms with Crippen molar-refractivity contribution in [1.29, 1.82) is 0 Å². The summed E-state index contributed by atoms with van der Waals surface area (Å²) >= 11 is 0. The lowest BCUT2D eigenvalue weighted by Crippen LogP contribution is -2.45. The van der Waals surface area contributed by atoms with Crippen LogP contribution in [0.2, 0.25) is 0 Å². The largest absolute Gasteiger partial charge is 0.346 e. The molecule has 38 heavy (non-hydrogen) atoms. The predicted molar refractivity (Wildman–Crippen MR) is 133 cm³/mol. The Kier molecular flexibility index (Phi) is 6.80. The van der Waals surface area contributed by atoms with Gasteiger partial charge in [0.2, 0.25) is 5.91 Å². The standard InChI is InChI=1S/C26H28F3N7O2/c1-14-23-24(34(3)15(2)25(37)33-23)32-21(31-14)5-4-16-12-30-36(13-16)18-6-8-35(9-7-18)26(38)17-10-19(27)22(29)20(28)11-17/h10-13,15,18H,4-9H2,1-3H3,(H,33,37)/t15-/m0/s1. The monoisotopic (exact) mass is 527 g/mol. The molecule has 4 heterocycles. The number of nitrogens with zero attached hydrogens (tertiary/aromatic N) is 6. The van der Waals surface area contributed by atoms with Crippen molar-refractivity contribution in [3.05, 3.63) is 64.6 Å². The lowest BCUT2D eigenvalue weighted by molar-refractivity contribution is -0.117. The van der Waals surface area contributed by atoms with Crippen LogP contribution in [0.15, 0.2) is 24.5 Å². The molecular formula is C26H28F3N7O2. The molecule has 2 aliphatic rings. The molecule has 12 heteroatoms. The molecule has 9 nitrogen and oxygen atoms in total. The number of fused-ring (bicyclic) bond motifs is 1. The first-order valence-corrected chi connectivity index (χ1v) is 12.5. The number of amides is 2. The minimum Gasteiger partial charge on any atom is -0.346 e. The zero-order valence-electron chi connectivity index (χ0n) is 21.3. The fourth-order valence-electron chi connectivity index (χ4n) is 4.87. The summed E-state index contributed by atoms with van der Waals surface area (Å²) in [6.45, 7) is 4.47. The van der Waals surface area contributed by atoms with E-state index in [9.17, 15) is 22.8 Å². The van der Waals surface area contributed by atoms with E-state index in [1.807, 2.05) is 36.7 Å². The number of aromatic nitrogens is 4. The third-order valence-electron chi connectivity index (χ3n) is 7.31. The summed E-state index contributed by atoms with van der Waals surface area (Å²) in [5.74, 6) is -3.55. The van der Waals surface area contributed by atoms with Crippen LogP contribution in [0.3, 0.4) is 0 Å². The van der Waals surface area contributed by atoms with Gasteiger partial charge >= 0.3 is 0 Å². The smallest absolute Gasteiger partial charge is 0.254 e. The number of benzene rings is 1. The third kappa shape index (κ3) is 4.82. The molecule has 0 saturated carbocycles. The highest BCUT2D eigenvalue weighted by Gasteiger charge is 2.30. The van der Waals surface area contributed by atoms with E-state index in [2.05, 4.69) is 20.4 Å². The fraction of sp³-hybridized carbons (Fsp3) is 0.423. The van der Waals surface area contributed by atoms with Gasteiger partial charge in [0.25, 0.3) is 5.91 Å². The zero-order chi connectivity index (χ0) is 27.1. The number of hydrogen-bond donors (Lipinski definition) is 1. The summed E-state index contributed by atoms with van der Waals surface area (Å²) < 4.78 is 42.2. The van der Waals surface area contributed by atoms with Gasteiger partial charge in [0.05, 0.1) is 17.9 Å². The van der Waals surface area contributed by atoms with Gasteiger partial charge < -0.3 is 15.1 Å². The van der Waals surface area contributed by atoms with Crippen molar-refractivity contribution in [3.8, 4) is 0 Å². The van der Waals surface area contributed by atoms with E-state index >= 15 is 0 Å². The number of nitrogens with one attached hydrogen (secondary N) is 1. The van der Waals surface area contributed by atoms with Crippen molar-refractivity contribution in [3.63, 3.8) is 0 Å². The SMILES string of the molecule is Cc1nc(CCc2cnn(C3CCN(C(=O)c4cc(F)c(F)c(F)c4)CC3)c2)nc2c1NC(=O)[C@H](C)N2C. The molecule has 0 unspecified atom stereocenters. The van der Waals surface area contributed by atoms with Crippen LogP contribution in [0.1, 0.15) is 53.2 Å². The van der Waals surface area contributed by atoms with Crippen LogP contribution in [0.4, 0.5) is 24.7 Å². The van der Waals surface area contributed by atoms with Gasteiger partial charge in [0, 0.05) is 38.3 Å². The first kappa shape index (κ1) is 25.7. The summed E-state index contributed by atoms with van der Waals surface area (Å²) in [5, 5.41) is 7.39. The van der Waals surface area contributed by atoms with Crippen molar-refractivity contribution < 1.29 is 22.8 Å². The Labute approximate surface area is 217 Å². The maximum Gasteiger partial charge on any atom is 0.254 e. The van der Waals surface area contributed by atoms with Crippen molar-refractivity contribution in [2.75, 3.05) is 30.4 Å². The van der Waals surface area contributed by atoms with Gasteiger partial charge in [-0.25, -0.2) is 23.1 Å². The molecule has 1 N–H and O–H groups in total. The Balaban J connectivity index is 1.19. The lowest BCUT2D eigenvalue weighted by atomic mass is 10.0. The predicted octanol–water partition coefficient (Wildman–Crippen LogP) is 3.44. The second kappa shape index (κ2) is 10.1. The number of likely N-dealkylation sites (N-methyl/N-ethyl adjacent to an activating group) is 1. The van der Waals surface area contributed by atoms with E-state index in [4.69, 9.17) is 0 Å². The van der Waals surface area contributed by atoms with Crippen molar-refractivity contribution in [2.45, 2.75) is 51.6 Å². The molecule has 2 aromatic heterocycles. The molecule has 0 aliphatic carbocycles. The summed E-state index contributed by atoms with van der Waals surface area (Å²) in [6.07, 6.45) is 6.33. The number of piperidine rings is 1. The minimum absolute atomic E-state index is 0.0791. The van der Waals surface area contributed by atoms with Gasteiger partial charge in [-0.3, -0.25) is 14.3 Å². The molecule has 0 bridgehead atoms. The molecule has 200 valence electrons. The Morgan fingerprint density at radius 1 is 1.11 bits per heavy atom. The maximum atomic E-state index is 13.5. The van der Waals surface area contributed by atoms with Gasteiger partial charge in [-0.05, 0) is 50.8 Å². The molecule has 1 atom stereocenters. The highest BCUT2D eigenvalue weighted by atomic mass is 19.2. The van der Waals surface area contributed by atoms with Crippen molar-refractivity contribution in [2.24, 2.45) is 0 Å². The van der Waals surface area contributed by atoms with Crippen LogP contribution in [-0.2, 0) is 17.6 Å². The molecule has 0 radical (unpaired) electrons. The quantitative estimate of drug-likeness (QED) is 0.511. The highest BCUT2D eigenvalue weighted by molar-refractivity contribution is 6.02. The molecule has 2 aliphatic heterocycles. The average Bonchev–Trinajstić information content (AvgIpc) is 3.38. The second-order valence-electron chi connectivity index (χ2n) is 9.81. The number of likely N-dealkylation sites (tertiary alicyclic amines) is 1. The van der Waals surface area contributed by atoms with E-state index in [1.54, 1.807) is 6.20 Å². The van der Waals surface area contributed by atoms with E-state index in [1.165, 1.54) is 4.90 Å². The van der Waals surface area contributed by atoms with Crippen molar-refractivity contribution >= 4 is 23.3 Å². The molecular weight excluding hydrogens is 499 g/mol. The molecule has 2 amide bonds. The summed E-state index contributed by atoms with van der Waals surface area (Å²) in [6, 6.07) is 1.22. The number of carbonyl (C=O) groups excluding carboxylic acids is 2. The topological polar surface area (TPSA) is 96.2 Å². The van der Waals surface area contributed by atoms with E-state index < -0.39 is 23.4 Å². The molecule has 1 fully saturated rings. The minimum atomic E-state index is -1.58. The zero-order valence-corrected chi connectivity index (χ0v) is 21.3. The average molecular weight is 528 g/mol. The summed E-state index contributed by atoms with van der Waals surface area (Å²) in [5.41, 5.74) is 2.19. The number of anilines is 2. The molecule has 0 spiro atoms. The lowest BCUT2D eigenvalue weighted by Gasteiger charge is -2.32. The fourth-order valence-corrected chi connectivity index (χ4v) is 4.87. The van der Waals surface area contributed by atoms with E-state index in [0.717, 1.165) is 23.4 Å². The van der Waals surface area contributed by atoms with Gasteiger partial charge in [0.1, 0.15) is 17.6 Å². The maximum absolute atomic E-state index is 13.5. The normalized spacial score (nSPS) is 17.9. The van der Waals surface area contributed by atoms with E-state index in [0.29, 0.717) is 56.1 Å². The molecule has 1 aromatic carbocycles. The van der Waals surface area contributed by atoms with Gasteiger partial charge in [-0.2, -0.15) is 5.10 Å². The first-order valence-electron chi connectivity index (χ1n) is 12.5. The summed E-state index contributed by atoms with van der Waals surface area (Å²) in [4.78, 5) is 37.4. The molecule has 3 aromatic rings. The van der Waals surface area contributed by atoms with Crippen LogP contribution < -0.4 is 10.2 Å². The van der Waals surface area contributed by atoms with Crippen LogP contribution >= 0.6 is 0 Å². The first-order chi connectivity index (χ1) is 18.1. The Bertz CT molecular complexity index is 1380. The third-order valence-corrected chi connectivity index (χ3v) is 7.31. The van der Waals surface area contributed by atoms with Crippen LogP contribution in [0.25, 0.3) is 0 Å². The highest BCUT2D eigenvalue weighted by Crippen LogP contribution is 2.31. The number of hydrogen-bond acceptors (Lipinski definition) is 6. The van der Waals surface area contributed by atoms with Crippen LogP contribution in [-0.4, -0.2) is 62.6 Å². The van der Waals surface area contributed by atoms with Gasteiger partial charge in [-0.15, -0.1) is 0 Å². The van der Waals surface area contributed by atoms with Crippen LogP contribution in [0.5, 0.6) is 0 Å². The van der Waals surface area contributed by atoms with Crippen molar-refractivity contribution in [1.82, 2.24) is 24.6 Å². The molecule has 5 rings (SSSR count). The second-order valence-corrected chi connectivity index (χ2v) is 9.81. The Hall–Kier alpha value is -3.96. The number of rotatable bonds is 5. The van der Waals surface area contributed by atoms with E-state index in [-0.39, 0.29) is 23.6 Å². The Morgan fingerprint density at radius 3 is 2.47 bits per heavy atom. The molecule has 1 saturated heterocycles. The number of aryl methyl sites for hydroxylation is 3. The van der Waals surface area contributed by atoms with Gasteiger partial charge in [0.15, 0.2) is 23.3 Å². The number of halogens is 3. The van der Waals surface area contributed by atoms with Crippen LogP contribution in [0, 0.1) is 24.4 Å². The Morgan fingerprint density at radius 2 is 1.79 bits per heavy atom. The summed E-state index contributed by atoms with van der Waals surface area (Å²) in [7, 11) is 1.84.